The van der Waals surface area contributed by atoms with Gasteiger partial charge in [0.1, 0.15) is 50.9 Å². The first-order valence-corrected chi connectivity index (χ1v) is 17.6. The van der Waals surface area contributed by atoms with E-state index in [9.17, 15) is 38.4 Å². The van der Waals surface area contributed by atoms with Gasteiger partial charge in [0.05, 0.1) is 11.4 Å². The second-order valence-corrected chi connectivity index (χ2v) is 12.5. The molecule has 0 aliphatic carbocycles. The summed E-state index contributed by atoms with van der Waals surface area (Å²) in [7, 11) is 0. The molecule has 0 amide bonds. The number of benzene rings is 2. The highest BCUT2D eigenvalue weighted by Gasteiger charge is 2.24. The summed E-state index contributed by atoms with van der Waals surface area (Å²) in [6.45, 7) is -0.623. The maximum atomic E-state index is 12.7. The largest absolute Gasteiger partial charge is 0.488 e. The van der Waals surface area contributed by atoms with Gasteiger partial charge in [0.2, 0.25) is 27.2 Å². The number of halogens is 2. The minimum Gasteiger partial charge on any atom is -0.488 e. The zero-order valence-corrected chi connectivity index (χ0v) is 33.7. The molecular formula is C34H38Br2N2O18. The lowest BCUT2D eigenvalue weighted by Crippen LogP contribution is -2.37. The Hall–Kier alpha value is -5.64. The van der Waals surface area contributed by atoms with Gasteiger partial charge in [0, 0.05) is 36.6 Å². The molecule has 0 spiro atoms. The van der Waals surface area contributed by atoms with E-state index in [1.165, 1.54) is 21.9 Å². The highest BCUT2D eigenvalue weighted by atomic mass is 79.9. The van der Waals surface area contributed by atoms with Crippen molar-refractivity contribution >= 4 is 91.0 Å². The van der Waals surface area contributed by atoms with E-state index in [1.54, 1.807) is 24.3 Å². The molecule has 0 aliphatic heterocycles. The van der Waals surface area contributed by atoms with Crippen LogP contribution < -0.4 is 19.3 Å². The first-order chi connectivity index (χ1) is 26.5. The van der Waals surface area contributed by atoms with Crippen LogP contribution in [0.4, 0.5) is 11.4 Å². The fourth-order valence-corrected chi connectivity index (χ4v) is 4.69. The maximum Gasteiger partial charge on any atom is 0.328 e. The molecule has 0 atom stereocenters. The molecule has 2 rings (SSSR count). The molecule has 0 unspecified atom stereocenters. The van der Waals surface area contributed by atoms with Gasteiger partial charge in [0.25, 0.3) is 0 Å². The number of carbonyl (C=O) groups excluding carboxylic acids is 8. The Balaban J connectivity index is 2.28. The third-order valence-corrected chi connectivity index (χ3v) is 7.32. The van der Waals surface area contributed by atoms with Crippen molar-refractivity contribution in [2.24, 2.45) is 0 Å². The average Bonchev–Trinajstić information content (AvgIpc) is 3.09. The Morgan fingerprint density at radius 3 is 0.964 bits per heavy atom. The molecule has 306 valence electrons. The number of nitrogens with zero attached hydrogens (tertiary/aromatic N) is 2. The van der Waals surface area contributed by atoms with Crippen molar-refractivity contribution in [2.45, 2.75) is 27.7 Å². The van der Waals surface area contributed by atoms with Gasteiger partial charge < -0.3 is 57.2 Å². The molecule has 2 aromatic carbocycles. The van der Waals surface area contributed by atoms with Crippen LogP contribution in [-0.2, 0) is 76.3 Å². The monoisotopic (exact) mass is 920 g/mol. The van der Waals surface area contributed by atoms with Gasteiger partial charge in [-0.05, 0) is 36.4 Å². The Labute approximate surface area is 336 Å². The normalized spacial score (nSPS) is 10.2. The molecule has 0 aliphatic rings. The van der Waals surface area contributed by atoms with Crippen molar-refractivity contribution in [1.29, 1.82) is 0 Å². The molecule has 0 heterocycles. The Morgan fingerprint density at radius 1 is 0.446 bits per heavy atom. The molecule has 22 heteroatoms. The van der Waals surface area contributed by atoms with Gasteiger partial charge in [-0.3, -0.25) is 38.4 Å². The van der Waals surface area contributed by atoms with Gasteiger partial charge in [-0.2, -0.15) is 0 Å². The van der Waals surface area contributed by atoms with Crippen LogP contribution in [0, 0.1) is 0 Å². The van der Waals surface area contributed by atoms with Crippen molar-refractivity contribution in [2.75, 3.05) is 76.4 Å². The molecule has 0 bridgehead atoms. The first kappa shape index (κ1) is 46.5. The summed E-state index contributed by atoms with van der Waals surface area (Å²) in [4.78, 5) is 97.5. The Morgan fingerprint density at radius 2 is 0.714 bits per heavy atom. The fraction of sp³-hybridized carbons (Fsp3) is 0.412. The molecule has 0 saturated heterocycles. The minimum atomic E-state index is -0.883. The van der Waals surface area contributed by atoms with E-state index in [2.05, 4.69) is 50.8 Å². The predicted octanol–water partition coefficient (Wildman–Crippen LogP) is 2.54. The number of carbonyl (C=O) groups is 8. The SMILES string of the molecule is CC(=O)OCOC(=O)CN(CC(=O)OCOC(C)=O)c1cc(Br)ccc1OCCOc1ccc(Br)cc1N(CC(=O)OCOC(C)=O)CC(=O)OCOC(C)=O. The van der Waals surface area contributed by atoms with E-state index in [0.29, 0.717) is 8.95 Å². The summed E-state index contributed by atoms with van der Waals surface area (Å²) in [5.74, 6) is -5.94. The molecule has 20 nitrogen and oxygen atoms in total. The number of ether oxygens (including phenoxy) is 10. The zero-order chi connectivity index (χ0) is 41.6. The van der Waals surface area contributed by atoms with E-state index in [1.807, 2.05) is 0 Å². The number of rotatable bonds is 23. The summed E-state index contributed by atoms with van der Waals surface area (Å²) in [6.07, 6.45) is 0. The van der Waals surface area contributed by atoms with E-state index in [0.717, 1.165) is 27.7 Å². The fourth-order valence-electron chi connectivity index (χ4n) is 3.99. The lowest BCUT2D eigenvalue weighted by molar-refractivity contribution is -0.167. The van der Waals surface area contributed by atoms with E-state index in [4.69, 9.17) is 28.4 Å². The number of hydrogen-bond donors (Lipinski definition) is 0. The Kier molecular flexibility index (Phi) is 20.5. The summed E-state index contributed by atoms with van der Waals surface area (Å²) in [5, 5.41) is 0. The van der Waals surface area contributed by atoms with Crippen molar-refractivity contribution < 1.29 is 85.7 Å². The second-order valence-electron chi connectivity index (χ2n) is 10.7. The van der Waals surface area contributed by atoms with Crippen LogP contribution in [-0.4, -0.2) is 114 Å². The summed E-state index contributed by atoms with van der Waals surface area (Å²) in [5.41, 5.74) is 0.423. The molecule has 0 saturated carbocycles. The highest BCUT2D eigenvalue weighted by molar-refractivity contribution is 9.10. The molecule has 0 aromatic heterocycles. The van der Waals surface area contributed by atoms with Crippen LogP contribution in [0.1, 0.15) is 27.7 Å². The molecule has 0 fully saturated rings. The third-order valence-electron chi connectivity index (χ3n) is 6.33. The van der Waals surface area contributed by atoms with Crippen molar-refractivity contribution in [3.63, 3.8) is 0 Å². The number of hydrogen-bond acceptors (Lipinski definition) is 20. The van der Waals surface area contributed by atoms with Crippen LogP contribution in [0.15, 0.2) is 45.3 Å². The van der Waals surface area contributed by atoms with Crippen molar-refractivity contribution in [1.82, 2.24) is 0 Å². The van der Waals surface area contributed by atoms with Crippen LogP contribution in [0.3, 0.4) is 0 Å². The lowest BCUT2D eigenvalue weighted by Gasteiger charge is -2.26. The molecule has 0 N–H and O–H groups in total. The molecule has 2 aromatic rings. The van der Waals surface area contributed by atoms with Crippen molar-refractivity contribution in [3.8, 4) is 11.5 Å². The third kappa shape index (κ3) is 19.1. The van der Waals surface area contributed by atoms with E-state index in [-0.39, 0.29) is 36.1 Å². The summed E-state index contributed by atoms with van der Waals surface area (Å²) < 4.78 is 51.3. The van der Waals surface area contributed by atoms with Crippen LogP contribution in [0.2, 0.25) is 0 Å². The molecule has 0 radical (unpaired) electrons. The molecular weight excluding hydrogens is 884 g/mol. The van der Waals surface area contributed by atoms with Gasteiger partial charge in [-0.25, -0.2) is 0 Å². The highest BCUT2D eigenvalue weighted by Crippen LogP contribution is 2.34. The van der Waals surface area contributed by atoms with Crippen LogP contribution >= 0.6 is 31.9 Å². The summed E-state index contributed by atoms with van der Waals surface area (Å²) in [6, 6.07) is 9.41. The predicted molar refractivity (Wildman–Crippen MR) is 195 cm³/mol. The first-order valence-electron chi connectivity index (χ1n) is 16.0. The van der Waals surface area contributed by atoms with Gasteiger partial charge in [-0.1, -0.05) is 31.9 Å². The van der Waals surface area contributed by atoms with Gasteiger partial charge >= 0.3 is 47.8 Å². The van der Waals surface area contributed by atoms with E-state index < -0.39 is 101 Å². The smallest absolute Gasteiger partial charge is 0.328 e. The average molecular weight is 922 g/mol. The zero-order valence-electron chi connectivity index (χ0n) is 30.5. The van der Waals surface area contributed by atoms with Crippen LogP contribution in [0.25, 0.3) is 0 Å². The van der Waals surface area contributed by atoms with Crippen molar-refractivity contribution in [3.05, 3.63) is 45.3 Å². The lowest BCUT2D eigenvalue weighted by atomic mass is 10.2. The topological polar surface area (TPSA) is 235 Å². The molecule has 56 heavy (non-hydrogen) atoms. The second kappa shape index (κ2) is 24.7. The van der Waals surface area contributed by atoms with E-state index >= 15 is 0 Å². The van der Waals surface area contributed by atoms with Crippen LogP contribution in [0.5, 0.6) is 11.5 Å². The number of esters is 8. The standard InChI is InChI=1S/C34H38Br2N2O18/c1-21(39)49-17-53-31(43)13-37(14-32(44)54-18-50-22(2)40)27-11-25(35)5-7-29(27)47-9-10-48-30-8-6-26(36)12-28(30)38(15-33(45)55-19-51-23(3)41)16-34(46)56-20-52-24(4)42/h5-8,11-12H,9-10,13-20H2,1-4H3. The minimum absolute atomic E-state index is 0.138. The maximum absolute atomic E-state index is 12.7. The summed E-state index contributed by atoms with van der Waals surface area (Å²) >= 11 is 6.71. The van der Waals surface area contributed by atoms with Gasteiger partial charge in [-0.15, -0.1) is 0 Å². The van der Waals surface area contributed by atoms with Gasteiger partial charge in [0.15, 0.2) is 0 Å². The quantitative estimate of drug-likeness (QED) is 0.0674. The Bertz CT molecular complexity index is 1530. The number of anilines is 2.